The van der Waals surface area contributed by atoms with Gasteiger partial charge in [0.2, 0.25) is 0 Å². The topological polar surface area (TPSA) is 66.9 Å². The first-order valence-corrected chi connectivity index (χ1v) is 9.49. The largest absolute Gasteiger partial charge is 0.335 e. The minimum atomic E-state index is -0.130. The summed E-state index contributed by atoms with van der Waals surface area (Å²) in [6.07, 6.45) is 7.60. The average Bonchev–Trinajstić information content (AvgIpc) is 3.07. The van der Waals surface area contributed by atoms with Gasteiger partial charge in [0.15, 0.2) is 0 Å². The molecule has 2 amide bonds. The molecule has 1 aliphatic rings. The second-order valence-corrected chi connectivity index (χ2v) is 7.34. The number of anilines is 1. The summed E-state index contributed by atoms with van der Waals surface area (Å²) in [5.41, 5.74) is 2.66. The Hall–Kier alpha value is -2.47. The van der Waals surface area contributed by atoms with Gasteiger partial charge >= 0.3 is 6.03 Å². The second-order valence-electron chi connectivity index (χ2n) is 6.36. The van der Waals surface area contributed by atoms with Gasteiger partial charge in [0, 0.05) is 23.5 Å². The summed E-state index contributed by atoms with van der Waals surface area (Å²) in [5, 5.41) is 6.93. The van der Waals surface area contributed by atoms with Crippen molar-refractivity contribution in [2.45, 2.75) is 38.1 Å². The number of rotatable bonds is 3. The number of fused-ring (bicyclic) bond motifs is 1. The van der Waals surface area contributed by atoms with E-state index < -0.39 is 0 Å². The van der Waals surface area contributed by atoms with Gasteiger partial charge in [-0.1, -0.05) is 42.7 Å². The standard InChI is InChI=1S/C19H20N4OS/c24-19(21-14-7-2-1-3-8-14)22-15-9-4-6-13(12-15)17-23-16-10-5-11-20-18(16)25-17/h4-6,9-12,14H,1-3,7-8H2,(H2,21,22,24). The fraction of sp³-hybridized carbons (Fsp3) is 0.316. The molecule has 0 atom stereocenters. The number of hydrogen-bond donors (Lipinski definition) is 2. The number of hydrogen-bond acceptors (Lipinski definition) is 4. The molecule has 1 fully saturated rings. The molecule has 0 aliphatic heterocycles. The van der Waals surface area contributed by atoms with Crippen LogP contribution in [0.3, 0.4) is 0 Å². The molecule has 0 bridgehead atoms. The minimum Gasteiger partial charge on any atom is -0.335 e. The highest BCUT2D eigenvalue weighted by atomic mass is 32.1. The van der Waals surface area contributed by atoms with E-state index in [2.05, 4.69) is 20.6 Å². The molecule has 0 radical (unpaired) electrons. The highest BCUT2D eigenvalue weighted by Crippen LogP contribution is 2.30. The summed E-state index contributed by atoms with van der Waals surface area (Å²) in [4.78, 5) is 22.1. The van der Waals surface area contributed by atoms with Crippen LogP contribution < -0.4 is 10.6 Å². The lowest BCUT2D eigenvalue weighted by Gasteiger charge is -2.22. The van der Waals surface area contributed by atoms with Crippen molar-refractivity contribution in [3.05, 3.63) is 42.6 Å². The fourth-order valence-corrected chi connectivity index (χ4v) is 4.13. The third-order valence-corrected chi connectivity index (χ3v) is 5.50. The molecular weight excluding hydrogens is 332 g/mol. The number of nitrogens with one attached hydrogen (secondary N) is 2. The molecule has 3 aromatic rings. The zero-order chi connectivity index (χ0) is 17.1. The van der Waals surface area contributed by atoms with E-state index in [4.69, 9.17) is 0 Å². The number of carbonyl (C=O) groups is 1. The predicted molar refractivity (Wildman–Crippen MR) is 102 cm³/mol. The number of aromatic nitrogens is 2. The average molecular weight is 352 g/mol. The molecule has 2 aromatic heterocycles. The molecule has 4 rings (SSSR count). The first-order valence-electron chi connectivity index (χ1n) is 8.67. The van der Waals surface area contributed by atoms with Crippen LogP contribution in [0.2, 0.25) is 0 Å². The maximum Gasteiger partial charge on any atom is 0.319 e. The van der Waals surface area contributed by atoms with Crippen LogP contribution in [-0.2, 0) is 0 Å². The molecule has 128 valence electrons. The maximum atomic E-state index is 12.2. The van der Waals surface area contributed by atoms with Crippen molar-refractivity contribution < 1.29 is 4.79 Å². The third-order valence-electron chi connectivity index (χ3n) is 4.47. The quantitative estimate of drug-likeness (QED) is 0.710. The van der Waals surface area contributed by atoms with E-state index in [0.29, 0.717) is 6.04 Å². The Morgan fingerprint density at radius 3 is 2.84 bits per heavy atom. The van der Waals surface area contributed by atoms with Gasteiger partial charge in [-0.05, 0) is 37.1 Å². The zero-order valence-electron chi connectivity index (χ0n) is 13.9. The van der Waals surface area contributed by atoms with Crippen LogP contribution in [0.4, 0.5) is 10.5 Å². The molecule has 0 unspecified atom stereocenters. The molecule has 5 nitrogen and oxygen atoms in total. The number of thiazole rings is 1. The maximum absolute atomic E-state index is 12.2. The van der Waals surface area contributed by atoms with Gasteiger partial charge in [-0.2, -0.15) is 0 Å². The molecule has 6 heteroatoms. The predicted octanol–water partition coefficient (Wildman–Crippen LogP) is 4.81. The summed E-state index contributed by atoms with van der Waals surface area (Å²) in [5.74, 6) is 0. The molecule has 1 saturated carbocycles. The van der Waals surface area contributed by atoms with Crippen LogP contribution in [0, 0.1) is 0 Å². The van der Waals surface area contributed by atoms with Crippen LogP contribution in [0.1, 0.15) is 32.1 Å². The fourth-order valence-electron chi connectivity index (χ4n) is 3.22. The van der Waals surface area contributed by atoms with E-state index in [1.807, 2.05) is 36.4 Å². The van der Waals surface area contributed by atoms with E-state index in [1.54, 1.807) is 17.5 Å². The van der Waals surface area contributed by atoms with Gasteiger partial charge in [0.1, 0.15) is 15.4 Å². The summed E-state index contributed by atoms with van der Waals surface area (Å²) in [7, 11) is 0. The highest BCUT2D eigenvalue weighted by molar-refractivity contribution is 7.21. The molecule has 2 N–H and O–H groups in total. The van der Waals surface area contributed by atoms with Crippen LogP contribution in [0.15, 0.2) is 42.6 Å². The Kier molecular flexibility index (Phi) is 4.61. The van der Waals surface area contributed by atoms with Crippen molar-refractivity contribution in [1.29, 1.82) is 0 Å². The van der Waals surface area contributed by atoms with E-state index in [9.17, 15) is 4.79 Å². The molecule has 0 saturated heterocycles. The van der Waals surface area contributed by atoms with Gasteiger partial charge in [-0.25, -0.2) is 14.8 Å². The molecular formula is C19H20N4OS. The molecule has 1 aliphatic carbocycles. The number of pyridine rings is 1. The lowest BCUT2D eigenvalue weighted by atomic mass is 9.96. The number of amides is 2. The van der Waals surface area contributed by atoms with Crippen LogP contribution in [0.5, 0.6) is 0 Å². The third kappa shape index (κ3) is 3.79. The van der Waals surface area contributed by atoms with Crippen LogP contribution >= 0.6 is 11.3 Å². The van der Waals surface area contributed by atoms with Crippen molar-refractivity contribution >= 4 is 33.4 Å². The van der Waals surface area contributed by atoms with Crippen molar-refractivity contribution in [3.63, 3.8) is 0 Å². The summed E-state index contributed by atoms with van der Waals surface area (Å²) in [6, 6.07) is 11.8. The van der Waals surface area contributed by atoms with Gasteiger partial charge < -0.3 is 10.6 Å². The van der Waals surface area contributed by atoms with Gasteiger partial charge in [0.25, 0.3) is 0 Å². The van der Waals surface area contributed by atoms with E-state index in [0.717, 1.165) is 39.4 Å². The lowest BCUT2D eigenvalue weighted by Crippen LogP contribution is -2.39. The zero-order valence-corrected chi connectivity index (χ0v) is 14.7. The number of carbonyl (C=O) groups excluding carboxylic acids is 1. The molecule has 1 aromatic carbocycles. The normalized spacial score (nSPS) is 15.2. The lowest BCUT2D eigenvalue weighted by molar-refractivity contribution is 0.244. The van der Waals surface area contributed by atoms with Crippen molar-refractivity contribution in [1.82, 2.24) is 15.3 Å². The monoisotopic (exact) mass is 352 g/mol. The Morgan fingerprint density at radius 2 is 2.00 bits per heavy atom. The molecule has 25 heavy (non-hydrogen) atoms. The summed E-state index contributed by atoms with van der Waals surface area (Å²) in [6.45, 7) is 0. The SMILES string of the molecule is O=C(Nc1cccc(-c2nc3cccnc3s2)c1)NC1CCCCC1. The molecule has 0 spiro atoms. The highest BCUT2D eigenvalue weighted by Gasteiger charge is 2.15. The Labute approximate surface area is 150 Å². The van der Waals surface area contributed by atoms with E-state index >= 15 is 0 Å². The number of benzene rings is 1. The van der Waals surface area contributed by atoms with Crippen molar-refractivity contribution in [3.8, 4) is 10.6 Å². The van der Waals surface area contributed by atoms with Gasteiger partial charge in [-0.15, -0.1) is 0 Å². The number of nitrogens with zero attached hydrogens (tertiary/aromatic N) is 2. The van der Waals surface area contributed by atoms with E-state index in [1.165, 1.54) is 19.3 Å². The van der Waals surface area contributed by atoms with Gasteiger partial charge in [0.05, 0.1) is 0 Å². The Bertz CT molecular complexity index is 853. The Morgan fingerprint density at radius 1 is 1.12 bits per heavy atom. The number of urea groups is 1. The van der Waals surface area contributed by atoms with Crippen LogP contribution in [0.25, 0.3) is 20.9 Å². The van der Waals surface area contributed by atoms with Crippen LogP contribution in [-0.4, -0.2) is 22.0 Å². The van der Waals surface area contributed by atoms with E-state index in [-0.39, 0.29) is 6.03 Å². The van der Waals surface area contributed by atoms with Crippen molar-refractivity contribution in [2.75, 3.05) is 5.32 Å². The van der Waals surface area contributed by atoms with Crippen molar-refractivity contribution in [2.24, 2.45) is 0 Å². The van der Waals surface area contributed by atoms with Gasteiger partial charge in [-0.3, -0.25) is 0 Å². The summed E-state index contributed by atoms with van der Waals surface area (Å²) >= 11 is 1.56. The minimum absolute atomic E-state index is 0.130. The Balaban J connectivity index is 1.48. The smallest absolute Gasteiger partial charge is 0.319 e. The summed E-state index contributed by atoms with van der Waals surface area (Å²) < 4.78 is 0. The first-order chi connectivity index (χ1) is 12.3. The first kappa shape index (κ1) is 16.0. The second kappa shape index (κ2) is 7.19. The molecule has 2 heterocycles.